The lowest BCUT2D eigenvalue weighted by atomic mass is 10.2. The number of nitrogens with zero attached hydrogens (tertiary/aromatic N) is 2. The molecule has 0 aliphatic rings. The molecule has 2 aromatic carbocycles. The largest absolute Gasteiger partial charge is 0.448 e. The van der Waals surface area contributed by atoms with Crippen LogP contribution in [-0.2, 0) is 9.53 Å². The number of rotatable bonds is 5. The summed E-state index contributed by atoms with van der Waals surface area (Å²) in [6.07, 6.45) is -1.08. The van der Waals surface area contributed by atoms with Crippen LogP contribution in [0.15, 0.2) is 48.5 Å². The molecule has 8 heteroatoms. The van der Waals surface area contributed by atoms with Crippen molar-refractivity contribution in [3.63, 3.8) is 0 Å². The Balaban J connectivity index is 1.70. The first-order valence-corrected chi connectivity index (χ1v) is 9.45. The fourth-order valence-corrected chi connectivity index (χ4v) is 3.45. The lowest BCUT2D eigenvalue weighted by Gasteiger charge is -2.13. The summed E-state index contributed by atoms with van der Waals surface area (Å²) >= 11 is 1.11. The van der Waals surface area contributed by atoms with Gasteiger partial charge in [-0.15, -0.1) is 11.3 Å². The van der Waals surface area contributed by atoms with E-state index in [4.69, 9.17) is 10.00 Å². The van der Waals surface area contributed by atoms with Gasteiger partial charge in [0.2, 0.25) is 0 Å². The number of carbonyl (C=O) groups excluding carboxylic acids is 2. The maximum atomic E-state index is 13.1. The second kappa shape index (κ2) is 8.63. The van der Waals surface area contributed by atoms with E-state index in [1.165, 1.54) is 19.1 Å². The molecule has 3 rings (SSSR count). The molecule has 0 fully saturated rings. The smallest absolute Gasteiger partial charge is 0.351 e. The summed E-state index contributed by atoms with van der Waals surface area (Å²) in [5.41, 5.74) is 1.79. The van der Waals surface area contributed by atoms with Crippen molar-refractivity contribution in [2.75, 3.05) is 5.32 Å². The number of hydrogen-bond donors (Lipinski definition) is 1. The number of halogens is 1. The van der Waals surface area contributed by atoms with Crippen LogP contribution in [0.5, 0.6) is 0 Å². The number of anilines is 1. The molecule has 29 heavy (non-hydrogen) atoms. The van der Waals surface area contributed by atoms with Gasteiger partial charge in [-0.25, -0.2) is 14.2 Å². The maximum Gasteiger partial charge on any atom is 0.351 e. The number of carbonyl (C=O) groups is 2. The molecule has 1 N–H and O–H groups in total. The lowest BCUT2D eigenvalue weighted by Crippen LogP contribution is -2.30. The molecular formula is C21H16FN3O3S. The number of nitriles is 1. The number of ether oxygens (including phenoxy) is 1. The zero-order chi connectivity index (χ0) is 21.0. The van der Waals surface area contributed by atoms with Gasteiger partial charge in [-0.05, 0) is 50.2 Å². The third-order valence-electron chi connectivity index (χ3n) is 4.03. The van der Waals surface area contributed by atoms with Gasteiger partial charge in [-0.3, -0.25) is 4.79 Å². The number of thiazole rings is 1. The van der Waals surface area contributed by atoms with E-state index in [0.717, 1.165) is 11.3 Å². The summed E-state index contributed by atoms with van der Waals surface area (Å²) < 4.78 is 18.4. The number of aromatic nitrogens is 1. The van der Waals surface area contributed by atoms with Crippen molar-refractivity contribution >= 4 is 28.9 Å². The molecule has 3 aromatic rings. The number of esters is 1. The lowest BCUT2D eigenvalue weighted by molar-refractivity contribution is -0.123. The normalized spacial score (nSPS) is 11.4. The van der Waals surface area contributed by atoms with Gasteiger partial charge in [-0.1, -0.05) is 12.1 Å². The highest BCUT2D eigenvalue weighted by Crippen LogP contribution is 2.29. The van der Waals surface area contributed by atoms with E-state index < -0.39 is 18.0 Å². The van der Waals surface area contributed by atoms with Crippen molar-refractivity contribution in [3.8, 4) is 16.6 Å². The number of benzene rings is 2. The summed E-state index contributed by atoms with van der Waals surface area (Å²) in [6, 6.07) is 14.3. The van der Waals surface area contributed by atoms with E-state index in [0.29, 0.717) is 27.5 Å². The fourth-order valence-electron chi connectivity index (χ4n) is 2.49. The average molecular weight is 409 g/mol. The topological polar surface area (TPSA) is 92.1 Å². The Bertz CT molecular complexity index is 1100. The number of amides is 1. The zero-order valence-corrected chi connectivity index (χ0v) is 16.4. The van der Waals surface area contributed by atoms with E-state index in [1.54, 1.807) is 43.3 Å². The molecule has 1 aromatic heterocycles. The van der Waals surface area contributed by atoms with E-state index in [9.17, 15) is 14.0 Å². The van der Waals surface area contributed by atoms with E-state index in [1.807, 2.05) is 6.07 Å². The molecule has 0 spiro atoms. The molecule has 146 valence electrons. The molecule has 0 aliphatic heterocycles. The first kappa shape index (κ1) is 20.2. The molecule has 0 unspecified atom stereocenters. The first-order valence-electron chi connectivity index (χ1n) is 8.63. The SMILES string of the molecule is Cc1nc(-c2ccc(F)cc2)sc1C(=O)O[C@H](C)C(=O)Nc1ccccc1C#N. The Morgan fingerprint density at radius 1 is 1.21 bits per heavy atom. The molecule has 0 saturated carbocycles. The van der Waals surface area contributed by atoms with Gasteiger partial charge < -0.3 is 10.1 Å². The standard InChI is InChI=1S/C21H16FN3O3S/c1-12-18(29-20(24-12)14-7-9-16(22)10-8-14)21(27)28-13(2)19(26)25-17-6-4-3-5-15(17)11-23/h3-10,13H,1-2H3,(H,25,26)/t13-/m1/s1. The van der Waals surface area contributed by atoms with Crippen molar-refractivity contribution < 1.29 is 18.7 Å². The second-order valence-corrected chi connectivity index (χ2v) is 7.13. The molecule has 0 radical (unpaired) electrons. The van der Waals surface area contributed by atoms with Crippen LogP contribution in [0.1, 0.15) is 27.9 Å². The highest BCUT2D eigenvalue weighted by molar-refractivity contribution is 7.17. The number of hydrogen-bond acceptors (Lipinski definition) is 6. The van der Waals surface area contributed by atoms with Crippen molar-refractivity contribution in [1.29, 1.82) is 5.26 Å². The van der Waals surface area contributed by atoms with Crippen LogP contribution in [-0.4, -0.2) is 23.0 Å². The molecular weight excluding hydrogens is 393 g/mol. The van der Waals surface area contributed by atoms with Gasteiger partial charge in [0, 0.05) is 5.56 Å². The van der Waals surface area contributed by atoms with Crippen LogP contribution < -0.4 is 5.32 Å². The van der Waals surface area contributed by atoms with Crippen molar-refractivity contribution in [1.82, 2.24) is 4.98 Å². The van der Waals surface area contributed by atoms with Crippen LogP contribution in [0.25, 0.3) is 10.6 Å². The minimum absolute atomic E-state index is 0.265. The van der Waals surface area contributed by atoms with E-state index in [-0.39, 0.29) is 10.7 Å². The van der Waals surface area contributed by atoms with Gasteiger partial charge in [-0.2, -0.15) is 5.26 Å². The number of aryl methyl sites for hydroxylation is 1. The quantitative estimate of drug-likeness (QED) is 0.634. The minimum Gasteiger partial charge on any atom is -0.448 e. The van der Waals surface area contributed by atoms with Crippen LogP contribution in [0.2, 0.25) is 0 Å². The summed E-state index contributed by atoms with van der Waals surface area (Å²) in [7, 11) is 0. The first-order chi connectivity index (χ1) is 13.9. The van der Waals surface area contributed by atoms with Gasteiger partial charge in [0.15, 0.2) is 6.10 Å². The maximum absolute atomic E-state index is 13.1. The molecule has 0 bridgehead atoms. The van der Waals surface area contributed by atoms with Gasteiger partial charge in [0.25, 0.3) is 5.91 Å². The van der Waals surface area contributed by atoms with E-state index >= 15 is 0 Å². The monoisotopic (exact) mass is 409 g/mol. The molecule has 0 aliphatic carbocycles. The molecule has 0 saturated heterocycles. The highest BCUT2D eigenvalue weighted by Gasteiger charge is 2.23. The van der Waals surface area contributed by atoms with Crippen LogP contribution in [0, 0.1) is 24.1 Å². The number of para-hydroxylation sites is 1. The average Bonchev–Trinajstić information content (AvgIpc) is 3.10. The molecule has 1 heterocycles. The fraction of sp³-hybridized carbons (Fsp3) is 0.143. The third-order valence-corrected chi connectivity index (χ3v) is 5.22. The molecule has 1 amide bonds. The molecule has 1 atom stereocenters. The highest BCUT2D eigenvalue weighted by atomic mass is 32.1. The van der Waals surface area contributed by atoms with Gasteiger partial charge >= 0.3 is 5.97 Å². The van der Waals surface area contributed by atoms with Crippen LogP contribution in [0.4, 0.5) is 10.1 Å². The van der Waals surface area contributed by atoms with Crippen molar-refractivity contribution in [2.24, 2.45) is 0 Å². The minimum atomic E-state index is -1.08. The third kappa shape index (κ3) is 4.65. The van der Waals surface area contributed by atoms with Gasteiger partial charge in [0.1, 0.15) is 21.8 Å². The molecule has 6 nitrogen and oxygen atoms in total. The Morgan fingerprint density at radius 3 is 2.59 bits per heavy atom. The Labute approximate surface area is 170 Å². The second-order valence-electron chi connectivity index (χ2n) is 6.13. The summed E-state index contributed by atoms with van der Waals surface area (Å²) in [6.45, 7) is 3.10. The Morgan fingerprint density at radius 2 is 1.90 bits per heavy atom. The summed E-state index contributed by atoms with van der Waals surface area (Å²) in [4.78, 5) is 29.5. The predicted molar refractivity (Wildman–Crippen MR) is 107 cm³/mol. The number of nitrogens with one attached hydrogen (secondary N) is 1. The van der Waals surface area contributed by atoms with E-state index in [2.05, 4.69) is 10.3 Å². The Kier molecular flexibility index (Phi) is 6.00. The Hall–Kier alpha value is -3.57. The van der Waals surface area contributed by atoms with Crippen LogP contribution in [0.3, 0.4) is 0 Å². The van der Waals surface area contributed by atoms with Crippen molar-refractivity contribution in [3.05, 3.63) is 70.5 Å². The predicted octanol–water partition coefficient (Wildman–Crippen LogP) is 4.31. The van der Waals surface area contributed by atoms with Crippen LogP contribution >= 0.6 is 11.3 Å². The summed E-state index contributed by atoms with van der Waals surface area (Å²) in [5.74, 6) is -1.59. The van der Waals surface area contributed by atoms with Crippen molar-refractivity contribution in [2.45, 2.75) is 20.0 Å². The zero-order valence-electron chi connectivity index (χ0n) is 15.6. The van der Waals surface area contributed by atoms with Gasteiger partial charge in [0.05, 0.1) is 16.9 Å². The summed E-state index contributed by atoms with van der Waals surface area (Å²) in [5, 5.41) is 12.2.